The number of aromatic amines is 1. The number of nitrogens with zero attached hydrogens (tertiary/aromatic N) is 2. The molecule has 26 heavy (non-hydrogen) atoms. The maximum absolute atomic E-state index is 12.5. The van der Waals surface area contributed by atoms with Crippen molar-refractivity contribution < 1.29 is 4.79 Å². The fourth-order valence-electron chi connectivity index (χ4n) is 2.85. The molecule has 0 radical (unpaired) electrons. The van der Waals surface area contributed by atoms with E-state index in [0.717, 1.165) is 11.1 Å². The van der Waals surface area contributed by atoms with Crippen LogP contribution in [0.4, 0.5) is 5.95 Å². The van der Waals surface area contributed by atoms with Gasteiger partial charge in [-0.05, 0) is 17.2 Å². The molecule has 4 N–H and O–H groups in total. The molecule has 0 unspecified atom stereocenters. The Morgan fingerprint density at radius 2 is 1.88 bits per heavy atom. The van der Waals surface area contributed by atoms with Gasteiger partial charge in [0.15, 0.2) is 0 Å². The van der Waals surface area contributed by atoms with Crippen molar-refractivity contribution in [3.8, 4) is 0 Å². The van der Waals surface area contributed by atoms with Crippen molar-refractivity contribution in [1.82, 2.24) is 20.5 Å². The lowest BCUT2D eigenvalue weighted by Crippen LogP contribution is -2.27. The second-order valence-corrected chi connectivity index (χ2v) is 6.34. The second-order valence-electron chi connectivity index (χ2n) is 5.93. The van der Waals surface area contributed by atoms with E-state index in [4.69, 9.17) is 17.3 Å². The van der Waals surface area contributed by atoms with Crippen molar-refractivity contribution in [2.75, 3.05) is 12.3 Å². The molecular formula is C19H20ClN5O. The molecule has 0 aliphatic rings. The minimum atomic E-state index is -0.106. The van der Waals surface area contributed by atoms with Crippen LogP contribution < -0.4 is 11.1 Å². The number of hydrogen-bond acceptors (Lipinski definition) is 4. The summed E-state index contributed by atoms with van der Waals surface area (Å²) in [6.45, 7) is 0.456. The molecule has 0 bridgehead atoms. The molecule has 0 aliphatic carbocycles. The zero-order chi connectivity index (χ0) is 18.4. The number of rotatable bonds is 7. The number of nitrogen functional groups attached to an aromatic ring is 1. The Balaban J connectivity index is 1.67. The average Bonchev–Trinajstić information content (AvgIpc) is 3.06. The first kappa shape index (κ1) is 17.9. The van der Waals surface area contributed by atoms with E-state index in [2.05, 4.69) is 20.5 Å². The Kier molecular flexibility index (Phi) is 5.86. The van der Waals surface area contributed by atoms with Gasteiger partial charge in [0.25, 0.3) is 0 Å². The van der Waals surface area contributed by atoms with E-state index >= 15 is 0 Å². The number of halogens is 1. The topological polar surface area (TPSA) is 96.7 Å². The standard InChI is InChI=1S/C19H20ClN5O/c20-16-9-5-4-8-14(16)15(13-6-2-1-3-7-13)12-18(26)22-11-10-17-23-19(21)25-24-17/h1-9,15H,10-12H2,(H,22,26)(H3,21,23,24,25)/t15-/m1/s1. The maximum atomic E-state index is 12.5. The first-order valence-corrected chi connectivity index (χ1v) is 8.74. The smallest absolute Gasteiger partial charge is 0.239 e. The average molecular weight is 370 g/mol. The lowest BCUT2D eigenvalue weighted by atomic mass is 9.88. The summed E-state index contributed by atoms with van der Waals surface area (Å²) in [5.74, 6) is 0.694. The lowest BCUT2D eigenvalue weighted by Gasteiger charge is -2.19. The molecule has 3 rings (SSSR count). The van der Waals surface area contributed by atoms with Gasteiger partial charge in [-0.2, -0.15) is 4.98 Å². The van der Waals surface area contributed by atoms with Gasteiger partial charge in [-0.3, -0.25) is 9.89 Å². The highest BCUT2D eigenvalue weighted by molar-refractivity contribution is 6.31. The highest BCUT2D eigenvalue weighted by atomic mass is 35.5. The third kappa shape index (κ3) is 4.61. The van der Waals surface area contributed by atoms with Gasteiger partial charge >= 0.3 is 0 Å². The number of hydrogen-bond donors (Lipinski definition) is 3. The van der Waals surface area contributed by atoms with Crippen LogP contribution in [0.3, 0.4) is 0 Å². The fraction of sp³-hybridized carbons (Fsp3) is 0.211. The zero-order valence-corrected chi connectivity index (χ0v) is 14.9. The first-order valence-electron chi connectivity index (χ1n) is 8.36. The van der Waals surface area contributed by atoms with E-state index in [-0.39, 0.29) is 17.8 Å². The molecule has 2 aromatic carbocycles. The maximum Gasteiger partial charge on any atom is 0.239 e. The minimum absolute atomic E-state index is 0.0498. The number of carbonyl (C=O) groups excluding carboxylic acids is 1. The van der Waals surface area contributed by atoms with Gasteiger partial charge in [-0.25, -0.2) is 0 Å². The predicted octanol–water partition coefficient (Wildman–Crippen LogP) is 2.92. The summed E-state index contributed by atoms with van der Waals surface area (Å²) in [7, 11) is 0. The summed E-state index contributed by atoms with van der Waals surface area (Å²) in [4.78, 5) is 16.5. The predicted molar refractivity (Wildman–Crippen MR) is 102 cm³/mol. The van der Waals surface area contributed by atoms with E-state index in [9.17, 15) is 4.79 Å². The van der Waals surface area contributed by atoms with Crippen molar-refractivity contribution in [1.29, 1.82) is 0 Å². The van der Waals surface area contributed by atoms with Crippen molar-refractivity contribution >= 4 is 23.5 Å². The Bertz CT molecular complexity index is 865. The zero-order valence-electron chi connectivity index (χ0n) is 14.2. The van der Waals surface area contributed by atoms with Gasteiger partial charge in [-0.1, -0.05) is 60.1 Å². The lowest BCUT2D eigenvalue weighted by molar-refractivity contribution is -0.121. The quantitative estimate of drug-likeness (QED) is 0.596. The monoisotopic (exact) mass is 369 g/mol. The molecule has 6 nitrogen and oxygen atoms in total. The van der Waals surface area contributed by atoms with Crippen LogP contribution in [0.15, 0.2) is 54.6 Å². The number of nitrogens with two attached hydrogens (primary N) is 1. The summed E-state index contributed by atoms with van der Waals surface area (Å²) in [6.07, 6.45) is 0.852. The van der Waals surface area contributed by atoms with Crippen molar-refractivity contribution in [3.05, 3.63) is 76.6 Å². The third-order valence-corrected chi connectivity index (χ3v) is 4.45. The molecule has 1 amide bonds. The fourth-order valence-corrected chi connectivity index (χ4v) is 3.12. The molecule has 0 saturated carbocycles. The third-order valence-electron chi connectivity index (χ3n) is 4.11. The molecule has 0 fully saturated rings. The van der Waals surface area contributed by atoms with Gasteiger partial charge in [0.1, 0.15) is 5.82 Å². The number of amides is 1. The van der Waals surface area contributed by atoms with Crippen molar-refractivity contribution in [2.45, 2.75) is 18.8 Å². The van der Waals surface area contributed by atoms with Gasteiger partial charge in [0.2, 0.25) is 11.9 Å². The van der Waals surface area contributed by atoms with Crippen LogP contribution in [0.2, 0.25) is 5.02 Å². The highest BCUT2D eigenvalue weighted by Gasteiger charge is 2.20. The van der Waals surface area contributed by atoms with Crippen LogP contribution in [0.5, 0.6) is 0 Å². The molecule has 3 aromatic rings. The Morgan fingerprint density at radius 3 is 2.58 bits per heavy atom. The number of anilines is 1. The summed E-state index contributed by atoms with van der Waals surface area (Å²) in [5.41, 5.74) is 7.46. The second kappa shape index (κ2) is 8.49. The SMILES string of the molecule is Nc1n[nH]c(CCNC(=O)C[C@H](c2ccccc2)c2ccccc2Cl)n1. The molecule has 1 heterocycles. The molecule has 1 atom stereocenters. The van der Waals surface area contributed by atoms with E-state index in [1.165, 1.54) is 0 Å². The number of aromatic nitrogens is 3. The Labute approximate surface area is 156 Å². The highest BCUT2D eigenvalue weighted by Crippen LogP contribution is 2.32. The summed E-state index contributed by atoms with van der Waals surface area (Å²) < 4.78 is 0. The molecule has 7 heteroatoms. The minimum Gasteiger partial charge on any atom is -0.367 e. The summed E-state index contributed by atoms with van der Waals surface area (Å²) in [5, 5.41) is 10.1. The largest absolute Gasteiger partial charge is 0.367 e. The molecule has 0 spiro atoms. The van der Waals surface area contributed by atoms with Crippen LogP contribution in [-0.4, -0.2) is 27.6 Å². The van der Waals surface area contributed by atoms with E-state index in [1.807, 2.05) is 54.6 Å². The molecular weight excluding hydrogens is 350 g/mol. The number of nitrogens with one attached hydrogen (secondary N) is 2. The normalized spacial score (nSPS) is 11.9. The Morgan fingerprint density at radius 1 is 1.15 bits per heavy atom. The van der Waals surface area contributed by atoms with Gasteiger partial charge in [0.05, 0.1) is 0 Å². The van der Waals surface area contributed by atoms with E-state index in [1.54, 1.807) is 0 Å². The van der Waals surface area contributed by atoms with E-state index in [0.29, 0.717) is 30.2 Å². The van der Waals surface area contributed by atoms with Crippen LogP contribution >= 0.6 is 11.6 Å². The van der Waals surface area contributed by atoms with E-state index < -0.39 is 0 Å². The van der Waals surface area contributed by atoms with Gasteiger partial charge in [0, 0.05) is 30.3 Å². The summed E-state index contributed by atoms with van der Waals surface area (Å²) in [6, 6.07) is 17.5. The molecule has 134 valence electrons. The van der Waals surface area contributed by atoms with Crippen LogP contribution in [0.1, 0.15) is 29.3 Å². The first-order chi connectivity index (χ1) is 12.6. The van der Waals surface area contributed by atoms with Crippen molar-refractivity contribution in [2.24, 2.45) is 0 Å². The number of carbonyl (C=O) groups is 1. The molecule has 1 aromatic heterocycles. The number of H-pyrrole nitrogens is 1. The van der Waals surface area contributed by atoms with Crippen LogP contribution in [0, 0.1) is 0 Å². The van der Waals surface area contributed by atoms with Crippen LogP contribution in [0.25, 0.3) is 0 Å². The molecule has 0 aliphatic heterocycles. The van der Waals surface area contributed by atoms with Crippen LogP contribution in [-0.2, 0) is 11.2 Å². The Hall–Kier alpha value is -2.86. The van der Waals surface area contributed by atoms with Gasteiger partial charge in [-0.15, -0.1) is 5.10 Å². The van der Waals surface area contributed by atoms with Gasteiger partial charge < -0.3 is 11.1 Å². The summed E-state index contributed by atoms with van der Waals surface area (Å²) >= 11 is 6.38. The van der Waals surface area contributed by atoms with Crippen molar-refractivity contribution in [3.63, 3.8) is 0 Å². The number of benzene rings is 2. The molecule has 0 saturated heterocycles.